The number of rotatable bonds is 5. The topological polar surface area (TPSA) is 121 Å². The molecular formula is C15H16N6O3. The zero-order chi connectivity index (χ0) is 17.3. The lowest BCUT2D eigenvalue weighted by Crippen LogP contribution is -2.07. The van der Waals surface area contributed by atoms with E-state index < -0.39 is 4.92 Å². The Kier molecular flexibility index (Phi) is 4.00. The summed E-state index contributed by atoms with van der Waals surface area (Å²) in [5, 5.41) is 19.4. The van der Waals surface area contributed by atoms with Gasteiger partial charge in [0.1, 0.15) is 11.5 Å². The summed E-state index contributed by atoms with van der Waals surface area (Å²) >= 11 is 0. The van der Waals surface area contributed by atoms with Crippen molar-refractivity contribution < 1.29 is 9.66 Å². The summed E-state index contributed by atoms with van der Waals surface area (Å²) < 4.78 is 6.97. The van der Waals surface area contributed by atoms with E-state index in [-0.39, 0.29) is 5.69 Å². The molecule has 9 heteroatoms. The molecule has 0 aliphatic rings. The first-order chi connectivity index (χ1) is 11.5. The fraction of sp³-hybridized carbons (Fsp3) is 0.200. The molecule has 0 atom stereocenters. The predicted octanol–water partition coefficient (Wildman–Crippen LogP) is 1.64. The summed E-state index contributed by atoms with van der Waals surface area (Å²) in [6, 6.07) is 6.09. The minimum Gasteiger partial charge on any atom is -0.494 e. The number of nitrogen functional groups attached to an aromatic ring is 1. The fourth-order valence-electron chi connectivity index (χ4n) is 2.52. The molecule has 0 radical (unpaired) electrons. The van der Waals surface area contributed by atoms with Crippen LogP contribution >= 0.6 is 0 Å². The van der Waals surface area contributed by atoms with E-state index in [1.165, 1.54) is 19.2 Å². The fourth-order valence-corrected chi connectivity index (χ4v) is 2.52. The van der Waals surface area contributed by atoms with Crippen molar-refractivity contribution in [1.82, 2.24) is 20.1 Å². The molecule has 2 heterocycles. The van der Waals surface area contributed by atoms with E-state index in [0.29, 0.717) is 23.8 Å². The third-order valence-corrected chi connectivity index (χ3v) is 3.61. The number of non-ortho nitro benzene ring substituents is 1. The predicted molar refractivity (Wildman–Crippen MR) is 89.2 cm³/mol. The van der Waals surface area contributed by atoms with Gasteiger partial charge in [-0.25, -0.2) is 9.67 Å². The lowest BCUT2D eigenvalue weighted by atomic mass is 10.2. The highest BCUT2D eigenvalue weighted by atomic mass is 16.6. The van der Waals surface area contributed by atoms with Gasteiger partial charge in [0.2, 0.25) is 0 Å². The molecular weight excluding hydrogens is 312 g/mol. The standard InChI is InChI=1S/C15H16N6O3/c1-17-8-11-10-7-18-15(16)6-13(10)20(19-11)12-4-3-9(21(22)23)5-14(12)24-2/h3-7,17H,8H2,1-2H3,(H2,16,18). The highest BCUT2D eigenvalue weighted by molar-refractivity contribution is 5.85. The van der Waals surface area contributed by atoms with Crippen LogP contribution in [0.3, 0.4) is 0 Å². The molecule has 0 spiro atoms. The Hall–Kier alpha value is -3.20. The normalized spacial score (nSPS) is 10.9. The monoisotopic (exact) mass is 328 g/mol. The Balaban J connectivity index is 2.25. The van der Waals surface area contributed by atoms with Crippen LogP contribution in [-0.2, 0) is 6.54 Å². The lowest BCUT2D eigenvalue weighted by molar-refractivity contribution is -0.384. The molecule has 0 bridgehead atoms. The van der Waals surface area contributed by atoms with Gasteiger partial charge in [-0.05, 0) is 13.1 Å². The number of nitrogens with two attached hydrogens (primary N) is 1. The number of pyridine rings is 1. The third kappa shape index (κ3) is 2.61. The minimum atomic E-state index is -0.470. The molecule has 124 valence electrons. The van der Waals surface area contributed by atoms with Crippen molar-refractivity contribution in [2.24, 2.45) is 0 Å². The Morgan fingerprint density at radius 3 is 2.88 bits per heavy atom. The first kappa shape index (κ1) is 15.7. The van der Waals surface area contributed by atoms with Crippen molar-refractivity contribution in [3.05, 3.63) is 46.3 Å². The van der Waals surface area contributed by atoms with Crippen LogP contribution in [0.1, 0.15) is 5.69 Å². The first-order valence-electron chi connectivity index (χ1n) is 7.15. The molecule has 9 nitrogen and oxygen atoms in total. The van der Waals surface area contributed by atoms with Crippen molar-refractivity contribution in [3.8, 4) is 11.4 Å². The van der Waals surface area contributed by atoms with Crippen molar-refractivity contribution >= 4 is 22.4 Å². The number of hydrogen-bond acceptors (Lipinski definition) is 7. The second-order valence-electron chi connectivity index (χ2n) is 5.13. The Bertz CT molecular complexity index is 921. The number of nitro groups is 1. The van der Waals surface area contributed by atoms with Gasteiger partial charge in [-0.1, -0.05) is 0 Å². The molecule has 1 aromatic carbocycles. The maximum absolute atomic E-state index is 11.0. The second kappa shape index (κ2) is 6.13. The van der Waals surface area contributed by atoms with Gasteiger partial charge in [-0.15, -0.1) is 0 Å². The summed E-state index contributed by atoms with van der Waals surface area (Å²) in [6.07, 6.45) is 1.67. The summed E-state index contributed by atoms with van der Waals surface area (Å²) in [7, 11) is 3.28. The molecule has 0 unspecified atom stereocenters. The molecule has 3 rings (SSSR count). The number of fused-ring (bicyclic) bond motifs is 1. The van der Waals surface area contributed by atoms with Crippen molar-refractivity contribution in [2.75, 3.05) is 19.9 Å². The first-order valence-corrected chi connectivity index (χ1v) is 7.15. The number of hydrogen-bond donors (Lipinski definition) is 2. The van der Waals surface area contributed by atoms with E-state index in [4.69, 9.17) is 10.5 Å². The van der Waals surface area contributed by atoms with Crippen LogP contribution in [0, 0.1) is 10.1 Å². The van der Waals surface area contributed by atoms with Crippen molar-refractivity contribution in [3.63, 3.8) is 0 Å². The molecule has 3 N–H and O–H groups in total. The van der Waals surface area contributed by atoms with Crippen molar-refractivity contribution in [1.29, 1.82) is 0 Å². The molecule has 24 heavy (non-hydrogen) atoms. The molecule has 0 aliphatic heterocycles. The highest BCUT2D eigenvalue weighted by Gasteiger charge is 2.18. The van der Waals surface area contributed by atoms with Crippen LogP contribution in [0.4, 0.5) is 11.5 Å². The largest absolute Gasteiger partial charge is 0.494 e. The number of nitro benzene ring substituents is 1. The van der Waals surface area contributed by atoms with E-state index >= 15 is 0 Å². The maximum Gasteiger partial charge on any atom is 0.273 e. The number of nitrogens with zero attached hydrogens (tertiary/aromatic N) is 4. The molecule has 0 fully saturated rings. The van der Waals surface area contributed by atoms with E-state index in [2.05, 4.69) is 15.4 Å². The molecule has 2 aromatic heterocycles. The van der Waals surface area contributed by atoms with Crippen LogP contribution in [-0.4, -0.2) is 33.8 Å². The van der Waals surface area contributed by atoms with Gasteiger partial charge in [-0.3, -0.25) is 10.1 Å². The van der Waals surface area contributed by atoms with Crippen LogP contribution in [0.25, 0.3) is 16.6 Å². The van der Waals surface area contributed by atoms with Gasteiger partial charge >= 0.3 is 0 Å². The van der Waals surface area contributed by atoms with Crippen LogP contribution in [0.15, 0.2) is 30.5 Å². The molecule has 0 saturated heterocycles. The maximum atomic E-state index is 11.0. The number of nitrogens with one attached hydrogen (secondary N) is 1. The Morgan fingerprint density at radius 1 is 1.42 bits per heavy atom. The molecule has 3 aromatic rings. The molecule has 0 amide bonds. The molecule has 0 saturated carbocycles. The lowest BCUT2D eigenvalue weighted by Gasteiger charge is -2.09. The van der Waals surface area contributed by atoms with Gasteiger partial charge in [-0.2, -0.15) is 5.10 Å². The smallest absolute Gasteiger partial charge is 0.273 e. The second-order valence-corrected chi connectivity index (χ2v) is 5.13. The van der Waals surface area contributed by atoms with E-state index in [9.17, 15) is 10.1 Å². The van der Waals surface area contributed by atoms with Gasteiger partial charge in [0.05, 0.1) is 29.3 Å². The number of anilines is 1. The van der Waals surface area contributed by atoms with Gasteiger partial charge in [0.15, 0.2) is 5.75 Å². The zero-order valence-corrected chi connectivity index (χ0v) is 13.2. The minimum absolute atomic E-state index is 0.0521. The summed E-state index contributed by atoms with van der Waals surface area (Å²) in [6.45, 7) is 0.546. The van der Waals surface area contributed by atoms with E-state index in [0.717, 1.165) is 16.6 Å². The van der Waals surface area contributed by atoms with Gasteiger partial charge < -0.3 is 15.8 Å². The van der Waals surface area contributed by atoms with Crippen LogP contribution in [0.2, 0.25) is 0 Å². The van der Waals surface area contributed by atoms with Crippen LogP contribution < -0.4 is 15.8 Å². The van der Waals surface area contributed by atoms with E-state index in [1.807, 2.05) is 7.05 Å². The van der Waals surface area contributed by atoms with Crippen molar-refractivity contribution in [2.45, 2.75) is 6.54 Å². The number of methoxy groups -OCH3 is 1. The summed E-state index contributed by atoms with van der Waals surface area (Å²) in [4.78, 5) is 14.6. The van der Waals surface area contributed by atoms with Crippen LogP contribution in [0.5, 0.6) is 5.75 Å². The summed E-state index contributed by atoms with van der Waals surface area (Å²) in [5.41, 5.74) is 7.87. The SMILES string of the molecule is CNCc1nn(-c2ccc([N+](=O)[O-])cc2OC)c2cc(N)ncc12. The summed E-state index contributed by atoms with van der Waals surface area (Å²) in [5.74, 6) is 0.709. The highest BCUT2D eigenvalue weighted by Crippen LogP contribution is 2.31. The quantitative estimate of drug-likeness (QED) is 0.539. The van der Waals surface area contributed by atoms with Gasteiger partial charge in [0, 0.05) is 30.3 Å². The zero-order valence-electron chi connectivity index (χ0n) is 13.2. The average Bonchev–Trinajstić information content (AvgIpc) is 2.92. The number of ether oxygens (including phenoxy) is 1. The third-order valence-electron chi connectivity index (χ3n) is 3.61. The van der Waals surface area contributed by atoms with E-state index in [1.54, 1.807) is 23.0 Å². The Morgan fingerprint density at radius 2 is 2.21 bits per heavy atom. The molecule has 0 aliphatic carbocycles. The average molecular weight is 328 g/mol. The number of aromatic nitrogens is 3. The Labute approximate surface area is 137 Å². The number of benzene rings is 1. The van der Waals surface area contributed by atoms with Gasteiger partial charge in [0.25, 0.3) is 5.69 Å².